The molecule has 0 saturated carbocycles. The van der Waals surface area contributed by atoms with E-state index in [4.69, 9.17) is 0 Å². The maximum absolute atomic E-state index is 11.5. The van der Waals surface area contributed by atoms with Gasteiger partial charge in [0.1, 0.15) is 0 Å². The zero-order valence-electron chi connectivity index (χ0n) is 15.7. The molecule has 2 N–H and O–H groups in total. The minimum Gasteiger partial charge on any atom is -0.356 e. The Morgan fingerprint density at radius 2 is 1.86 bits per heavy atom. The molecule has 2 heterocycles. The molecule has 0 saturated heterocycles. The van der Waals surface area contributed by atoms with Crippen molar-refractivity contribution in [2.45, 2.75) is 17.9 Å². The van der Waals surface area contributed by atoms with Crippen LogP contribution in [0.15, 0.2) is 58.5 Å². The molecule has 0 spiro atoms. The van der Waals surface area contributed by atoms with Crippen LogP contribution in [0.25, 0.3) is 5.65 Å². The molecule has 0 amide bonds. The number of aliphatic imine (C=N–C) groups is 1. The van der Waals surface area contributed by atoms with E-state index in [2.05, 4.69) is 25.8 Å². The Morgan fingerprint density at radius 1 is 1.11 bits per heavy atom. The highest BCUT2D eigenvalue weighted by Gasteiger charge is 2.07. The van der Waals surface area contributed by atoms with E-state index in [1.54, 1.807) is 19.2 Å². The molecule has 10 heteroatoms. The summed E-state index contributed by atoms with van der Waals surface area (Å²) in [6, 6.07) is 12.7. The molecule has 0 atom stereocenters. The van der Waals surface area contributed by atoms with Gasteiger partial charge >= 0.3 is 0 Å². The third-order valence-electron chi connectivity index (χ3n) is 4.08. The maximum atomic E-state index is 11.5. The van der Waals surface area contributed by atoms with Crippen LogP contribution in [0.1, 0.15) is 11.4 Å². The molecule has 8 nitrogen and oxygen atoms in total. The fourth-order valence-corrected chi connectivity index (χ4v) is 3.25. The van der Waals surface area contributed by atoms with Crippen LogP contribution < -0.4 is 10.6 Å². The highest BCUT2D eigenvalue weighted by Crippen LogP contribution is 2.10. The number of aromatic nitrogens is 3. The van der Waals surface area contributed by atoms with Gasteiger partial charge in [-0.15, -0.1) is 34.2 Å². The predicted molar refractivity (Wildman–Crippen MR) is 120 cm³/mol. The summed E-state index contributed by atoms with van der Waals surface area (Å²) < 4.78 is 24.9. The molecule has 150 valence electrons. The molecule has 0 fully saturated rings. The van der Waals surface area contributed by atoms with Crippen molar-refractivity contribution < 1.29 is 8.42 Å². The minimum atomic E-state index is -3.16. The van der Waals surface area contributed by atoms with Crippen LogP contribution in [0.3, 0.4) is 0 Å². The normalized spacial score (nSPS) is 11.9. The number of fused-ring (bicyclic) bond motifs is 1. The Hall–Kier alpha value is -2.21. The predicted octanol–water partition coefficient (Wildman–Crippen LogP) is 1.66. The highest BCUT2D eigenvalue weighted by atomic mass is 127. The van der Waals surface area contributed by atoms with E-state index in [1.807, 2.05) is 40.9 Å². The van der Waals surface area contributed by atoms with Gasteiger partial charge in [0.25, 0.3) is 0 Å². The Bertz CT molecular complexity index is 1050. The summed E-state index contributed by atoms with van der Waals surface area (Å²) in [6.07, 6.45) is 3.87. The molecular weight excluding hydrogens is 491 g/mol. The first-order valence-corrected chi connectivity index (χ1v) is 10.4. The number of guanidine groups is 1. The first-order valence-electron chi connectivity index (χ1n) is 8.49. The summed E-state index contributed by atoms with van der Waals surface area (Å²) in [4.78, 5) is 4.53. The number of sulfone groups is 1. The zero-order valence-corrected chi connectivity index (χ0v) is 18.8. The second-order valence-electron chi connectivity index (χ2n) is 6.06. The van der Waals surface area contributed by atoms with Gasteiger partial charge in [0.2, 0.25) is 0 Å². The summed E-state index contributed by atoms with van der Waals surface area (Å²) >= 11 is 0. The number of rotatable bonds is 6. The van der Waals surface area contributed by atoms with Crippen LogP contribution in [-0.4, -0.2) is 48.8 Å². The molecule has 0 unspecified atom stereocenters. The van der Waals surface area contributed by atoms with Crippen molar-refractivity contribution in [3.8, 4) is 0 Å². The molecule has 2 aromatic heterocycles. The van der Waals surface area contributed by atoms with Crippen LogP contribution in [0.5, 0.6) is 0 Å². The van der Waals surface area contributed by atoms with E-state index in [0.717, 1.165) is 23.5 Å². The standard InChI is InChI=1S/C18H22N6O2S.HI/c1-19-18(21-13-17-23-22-16-5-3-4-12-24(16)17)20-11-10-14-6-8-15(9-7-14)27(2,25)26;/h3-9,12H,10-11,13H2,1-2H3,(H2,19,20,21);1H. The van der Waals surface area contributed by atoms with E-state index in [1.165, 1.54) is 6.26 Å². The Morgan fingerprint density at radius 3 is 2.54 bits per heavy atom. The second kappa shape index (κ2) is 9.82. The fourth-order valence-electron chi connectivity index (χ4n) is 2.62. The Kier molecular flexibility index (Phi) is 7.75. The van der Waals surface area contributed by atoms with Crippen molar-refractivity contribution in [3.63, 3.8) is 0 Å². The first-order chi connectivity index (χ1) is 13.0. The van der Waals surface area contributed by atoms with Gasteiger partial charge in [0.05, 0.1) is 11.4 Å². The zero-order chi connectivity index (χ0) is 19.3. The molecule has 0 aliphatic heterocycles. The molecule has 0 aliphatic rings. The number of nitrogens with one attached hydrogen (secondary N) is 2. The molecule has 1 aromatic carbocycles. The number of halogens is 1. The second-order valence-corrected chi connectivity index (χ2v) is 8.08. The van der Waals surface area contributed by atoms with Crippen molar-refractivity contribution in [3.05, 3.63) is 60.0 Å². The Labute approximate surface area is 181 Å². The average molecular weight is 514 g/mol. The van der Waals surface area contributed by atoms with E-state index in [-0.39, 0.29) is 24.0 Å². The van der Waals surface area contributed by atoms with Gasteiger partial charge in [-0.3, -0.25) is 9.39 Å². The number of nitrogens with zero attached hydrogens (tertiary/aromatic N) is 4. The minimum absolute atomic E-state index is 0. The molecule has 0 aliphatic carbocycles. The van der Waals surface area contributed by atoms with Crippen molar-refractivity contribution in [2.24, 2.45) is 4.99 Å². The van der Waals surface area contributed by atoms with Gasteiger partial charge in [-0.1, -0.05) is 18.2 Å². The van der Waals surface area contributed by atoms with Crippen LogP contribution >= 0.6 is 24.0 Å². The topological polar surface area (TPSA) is 101 Å². The summed E-state index contributed by atoms with van der Waals surface area (Å²) in [7, 11) is -1.45. The van der Waals surface area contributed by atoms with Crippen LogP contribution in [0.2, 0.25) is 0 Å². The van der Waals surface area contributed by atoms with Crippen LogP contribution in [0.4, 0.5) is 0 Å². The number of hydrogen-bond acceptors (Lipinski definition) is 5. The van der Waals surface area contributed by atoms with E-state index in [9.17, 15) is 8.42 Å². The fraction of sp³-hybridized carbons (Fsp3) is 0.278. The highest BCUT2D eigenvalue weighted by molar-refractivity contribution is 14.0. The maximum Gasteiger partial charge on any atom is 0.191 e. The molecule has 28 heavy (non-hydrogen) atoms. The van der Waals surface area contributed by atoms with Gasteiger partial charge in [0, 0.05) is 26.0 Å². The SMILES string of the molecule is CN=C(NCCc1ccc(S(C)(=O)=O)cc1)NCc1nnc2ccccn12.I. The van der Waals surface area contributed by atoms with Crippen LogP contribution in [0, 0.1) is 0 Å². The molecule has 0 bridgehead atoms. The van der Waals surface area contributed by atoms with Crippen LogP contribution in [-0.2, 0) is 22.8 Å². The van der Waals surface area contributed by atoms with Gasteiger partial charge in [-0.05, 0) is 36.2 Å². The van der Waals surface area contributed by atoms with Crippen molar-refractivity contribution >= 4 is 45.4 Å². The molecule has 3 rings (SSSR count). The summed E-state index contributed by atoms with van der Waals surface area (Å²) in [6.45, 7) is 1.16. The van der Waals surface area contributed by atoms with Gasteiger partial charge < -0.3 is 10.6 Å². The third-order valence-corrected chi connectivity index (χ3v) is 5.21. The van der Waals surface area contributed by atoms with Crippen molar-refractivity contribution in [1.29, 1.82) is 0 Å². The smallest absolute Gasteiger partial charge is 0.191 e. The molecule has 0 radical (unpaired) electrons. The summed E-state index contributed by atoms with van der Waals surface area (Å²) in [5.74, 6) is 1.46. The Balaban J connectivity index is 0.00000280. The van der Waals surface area contributed by atoms with E-state index in [0.29, 0.717) is 23.9 Å². The summed E-state index contributed by atoms with van der Waals surface area (Å²) in [5, 5.41) is 14.7. The van der Waals surface area contributed by atoms with Gasteiger partial charge in [-0.25, -0.2) is 8.42 Å². The van der Waals surface area contributed by atoms with Gasteiger partial charge in [-0.2, -0.15) is 0 Å². The summed E-state index contributed by atoms with van der Waals surface area (Å²) in [5.41, 5.74) is 1.85. The number of hydrogen-bond donors (Lipinski definition) is 2. The molecular formula is C18H23IN6O2S. The third kappa shape index (κ3) is 5.64. The lowest BCUT2D eigenvalue weighted by Gasteiger charge is -2.11. The van der Waals surface area contributed by atoms with Crippen molar-refractivity contribution in [2.75, 3.05) is 19.8 Å². The van der Waals surface area contributed by atoms with Gasteiger partial charge in [0.15, 0.2) is 27.3 Å². The van der Waals surface area contributed by atoms with E-state index < -0.39 is 9.84 Å². The average Bonchev–Trinajstić information content (AvgIpc) is 3.07. The monoisotopic (exact) mass is 514 g/mol. The number of benzene rings is 1. The molecule has 3 aromatic rings. The lowest BCUT2D eigenvalue weighted by atomic mass is 10.1. The lowest BCUT2D eigenvalue weighted by Crippen LogP contribution is -2.38. The van der Waals surface area contributed by atoms with Crippen molar-refractivity contribution in [1.82, 2.24) is 25.2 Å². The lowest BCUT2D eigenvalue weighted by molar-refractivity contribution is 0.602. The number of pyridine rings is 1. The van der Waals surface area contributed by atoms with E-state index >= 15 is 0 Å². The quantitative estimate of drug-likeness (QED) is 0.295. The largest absolute Gasteiger partial charge is 0.356 e. The first kappa shape index (κ1) is 22.1.